The Hall–Kier alpha value is -3.04. The third-order valence-electron chi connectivity index (χ3n) is 6.40. The largest absolute Gasteiger partial charge is 0.456 e. The van der Waals surface area contributed by atoms with Crippen LogP contribution < -0.4 is 0 Å². The van der Waals surface area contributed by atoms with Crippen molar-refractivity contribution in [2.75, 3.05) is 0 Å². The van der Waals surface area contributed by atoms with Crippen LogP contribution in [-0.2, 0) is 14.9 Å². The summed E-state index contributed by atoms with van der Waals surface area (Å²) in [7, 11) is 0. The van der Waals surface area contributed by atoms with Gasteiger partial charge >= 0.3 is 24.3 Å². The maximum Gasteiger partial charge on any atom is 0.411 e. The van der Waals surface area contributed by atoms with Gasteiger partial charge in [-0.3, -0.25) is 0 Å². The molecule has 0 unspecified atom stereocenters. The van der Waals surface area contributed by atoms with Crippen LogP contribution in [0.25, 0.3) is 0 Å². The highest BCUT2D eigenvalue weighted by Gasteiger charge is 2.72. The number of hydrogen-bond donors (Lipinski definition) is 0. The Balaban J connectivity index is 2.60. The molecular weight excluding hydrogens is 502 g/mol. The molecule has 0 fully saturated rings. The van der Waals surface area contributed by atoms with Crippen molar-refractivity contribution in [2.45, 2.75) is 83.4 Å². The first-order chi connectivity index (χ1) is 16.8. The molecule has 0 spiro atoms. The molecule has 0 saturated carbocycles. The summed E-state index contributed by atoms with van der Waals surface area (Å²) in [6.45, 7) is 10.0. The quantitative estimate of drug-likeness (QED) is 0.257. The van der Waals surface area contributed by atoms with E-state index in [2.05, 4.69) is 0 Å². The fourth-order valence-electron chi connectivity index (χ4n) is 3.46. The molecule has 0 saturated heterocycles. The lowest BCUT2D eigenvalue weighted by Crippen LogP contribution is -2.54. The second-order valence-corrected chi connectivity index (χ2v) is 9.91. The second kappa shape index (κ2) is 10.4. The number of hydrogen-bond acceptors (Lipinski definition) is 4. The Morgan fingerprint density at radius 3 is 1.08 bits per heavy atom. The Bertz CT molecular complexity index is 1010. The van der Waals surface area contributed by atoms with Gasteiger partial charge in [0.2, 0.25) is 5.41 Å². The third-order valence-corrected chi connectivity index (χ3v) is 6.40. The molecular formula is C27H30F6O4. The predicted molar refractivity (Wildman–Crippen MR) is 125 cm³/mol. The number of carbonyl (C=O) groups is 2. The van der Waals surface area contributed by atoms with Gasteiger partial charge in [0.25, 0.3) is 0 Å². The molecule has 0 heterocycles. The molecule has 2 aromatic carbocycles. The van der Waals surface area contributed by atoms with Crippen molar-refractivity contribution in [1.29, 1.82) is 0 Å². The van der Waals surface area contributed by atoms with Crippen molar-refractivity contribution < 1.29 is 45.4 Å². The smallest absolute Gasteiger partial charge is 0.411 e. The molecule has 0 aliphatic rings. The van der Waals surface area contributed by atoms with Gasteiger partial charge in [-0.2, -0.15) is 26.3 Å². The van der Waals surface area contributed by atoms with Crippen molar-refractivity contribution in [3.63, 3.8) is 0 Å². The number of halogens is 6. The normalized spacial score (nSPS) is 13.3. The zero-order valence-electron chi connectivity index (χ0n) is 21.4. The molecule has 2 rings (SSSR count). The zero-order chi connectivity index (χ0) is 28.4. The molecule has 0 atom stereocenters. The fourth-order valence-corrected chi connectivity index (χ4v) is 3.46. The average molecular weight is 533 g/mol. The van der Waals surface area contributed by atoms with E-state index in [4.69, 9.17) is 9.47 Å². The third kappa shape index (κ3) is 6.27. The van der Waals surface area contributed by atoms with Crippen LogP contribution in [0.3, 0.4) is 0 Å². The molecule has 37 heavy (non-hydrogen) atoms. The number of benzene rings is 2. The van der Waals surface area contributed by atoms with Crippen LogP contribution in [-0.4, -0.2) is 35.5 Å². The van der Waals surface area contributed by atoms with E-state index in [1.54, 1.807) is 41.5 Å². The fraction of sp³-hybridized carbons (Fsp3) is 0.481. The highest BCUT2D eigenvalue weighted by Crippen LogP contribution is 2.56. The summed E-state index contributed by atoms with van der Waals surface area (Å²) in [5.74, 6) is -1.75. The summed E-state index contributed by atoms with van der Waals surface area (Å²) in [6, 6.07) is 5.93. The van der Waals surface area contributed by atoms with E-state index in [9.17, 15) is 35.9 Å². The minimum Gasteiger partial charge on any atom is -0.456 e. The minimum absolute atomic E-state index is 0.194. The highest BCUT2D eigenvalue weighted by molar-refractivity contribution is 5.90. The Kier molecular flexibility index (Phi) is 8.47. The first kappa shape index (κ1) is 30.2. The molecule has 204 valence electrons. The number of alkyl halides is 6. The van der Waals surface area contributed by atoms with Gasteiger partial charge in [0.15, 0.2) is 0 Å². The van der Waals surface area contributed by atoms with Crippen LogP contribution >= 0.6 is 0 Å². The highest BCUT2D eigenvalue weighted by atomic mass is 19.4. The Labute approximate surface area is 212 Å². The van der Waals surface area contributed by atoms with Gasteiger partial charge in [-0.1, -0.05) is 38.1 Å². The van der Waals surface area contributed by atoms with Crippen LogP contribution in [0.1, 0.15) is 86.2 Å². The lowest BCUT2D eigenvalue weighted by Gasteiger charge is -2.38. The number of rotatable bonds is 8. The predicted octanol–water partition coefficient (Wildman–Crippen LogP) is 7.79. The van der Waals surface area contributed by atoms with Crippen LogP contribution in [0, 0.1) is 0 Å². The van der Waals surface area contributed by atoms with Gasteiger partial charge in [-0.25, -0.2) is 9.59 Å². The number of ether oxygens (including phenoxy) is 2. The summed E-state index contributed by atoms with van der Waals surface area (Å²) >= 11 is 0. The zero-order valence-corrected chi connectivity index (χ0v) is 21.4. The van der Waals surface area contributed by atoms with E-state index in [0.29, 0.717) is 37.1 Å². The maximum absolute atomic E-state index is 14.4. The van der Waals surface area contributed by atoms with E-state index < -0.39 is 52.0 Å². The van der Waals surface area contributed by atoms with E-state index in [-0.39, 0.29) is 11.1 Å². The van der Waals surface area contributed by atoms with Gasteiger partial charge in [-0.15, -0.1) is 0 Å². The molecule has 0 aromatic heterocycles. The van der Waals surface area contributed by atoms with E-state index in [1.165, 1.54) is 0 Å². The van der Waals surface area contributed by atoms with E-state index in [1.807, 2.05) is 0 Å². The molecule has 4 nitrogen and oxygen atoms in total. The maximum atomic E-state index is 14.4. The van der Waals surface area contributed by atoms with Gasteiger partial charge < -0.3 is 9.47 Å². The van der Waals surface area contributed by atoms with E-state index >= 15 is 0 Å². The van der Waals surface area contributed by atoms with Gasteiger partial charge in [0.1, 0.15) is 11.2 Å². The van der Waals surface area contributed by atoms with Crippen molar-refractivity contribution in [3.05, 3.63) is 70.8 Å². The standard InChI is InChI=1S/C27H30F6O4/c1-7-23(3,4)36-21(34)17-9-13-19(14-10-17)25(26(28,29)30,27(31,32)33)20-15-11-18(12-16-20)22(35)37-24(5,6)8-2/h9-16H,7-8H2,1-6H3. The van der Waals surface area contributed by atoms with Crippen molar-refractivity contribution >= 4 is 11.9 Å². The SMILES string of the molecule is CCC(C)(C)OC(=O)c1ccc(C(c2ccc(C(=O)OC(C)(C)CC)cc2)(C(F)(F)F)C(F)(F)F)cc1. The second-order valence-electron chi connectivity index (χ2n) is 9.91. The topological polar surface area (TPSA) is 52.6 Å². The van der Waals surface area contributed by atoms with Crippen LogP contribution in [0.4, 0.5) is 26.3 Å². The monoisotopic (exact) mass is 532 g/mol. The van der Waals surface area contributed by atoms with Crippen molar-refractivity contribution in [1.82, 2.24) is 0 Å². The van der Waals surface area contributed by atoms with Crippen LogP contribution in [0.5, 0.6) is 0 Å². The summed E-state index contributed by atoms with van der Waals surface area (Å²) in [6.07, 6.45) is -10.7. The molecule has 0 bridgehead atoms. The summed E-state index contributed by atoms with van der Waals surface area (Å²) in [4.78, 5) is 24.7. The summed E-state index contributed by atoms with van der Waals surface area (Å²) in [5.41, 5.74) is -8.82. The molecule has 0 aliphatic heterocycles. The first-order valence-electron chi connectivity index (χ1n) is 11.6. The van der Waals surface area contributed by atoms with Crippen molar-refractivity contribution in [3.8, 4) is 0 Å². The average Bonchev–Trinajstić information content (AvgIpc) is 2.78. The van der Waals surface area contributed by atoms with Crippen molar-refractivity contribution in [2.24, 2.45) is 0 Å². The van der Waals surface area contributed by atoms with E-state index in [0.717, 1.165) is 24.3 Å². The lowest BCUT2D eigenvalue weighted by atomic mass is 9.72. The van der Waals surface area contributed by atoms with Gasteiger partial charge in [0, 0.05) is 0 Å². The lowest BCUT2D eigenvalue weighted by molar-refractivity contribution is -0.288. The minimum atomic E-state index is -5.82. The van der Waals surface area contributed by atoms with Crippen LogP contribution in [0.15, 0.2) is 48.5 Å². The Morgan fingerprint density at radius 1 is 0.595 bits per heavy atom. The summed E-state index contributed by atoms with van der Waals surface area (Å²) < 4.78 is 96.9. The first-order valence-corrected chi connectivity index (χ1v) is 11.6. The van der Waals surface area contributed by atoms with Gasteiger partial charge in [-0.05, 0) is 75.9 Å². The summed E-state index contributed by atoms with van der Waals surface area (Å²) in [5, 5.41) is 0. The molecule has 10 heteroatoms. The molecule has 2 aromatic rings. The van der Waals surface area contributed by atoms with Gasteiger partial charge in [0.05, 0.1) is 11.1 Å². The number of carbonyl (C=O) groups excluding carboxylic acids is 2. The molecule has 0 N–H and O–H groups in total. The number of esters is 2. The molecule has 0 radical (unpaired) electrons. The van der Waals surface area contributed by atoms with Crippen LogP contribution in [0.2, 0.25) is 0 Å². The molecule has 0 aliphatic carbocycles. The Morgan fingerprint density at radius 2 is 0.865 bits per heavy atom. The molecule has 0 amide bonds.